The second kappa shape index (κ2) is 4.87. The Kier molecular flexibility index (Phi) is 3.28. The van der Waals surface area contributed by atoms with Gasteiger partial charge in [-0.25, -0.2) is 4.39 Å². The lowest BCUT2D eigenvalue weighted by Crippen LogP contribution is -1.96. The summed E-state index contributed by atoms with van der Waals surface area (Å²) in [5.41, 5.74) is 3.50. The molecule has 86 valence electrons. The zero-order chi connectivity index (χ0) is 12.3. The van der Waals surface area contributed by atoms with Crippen LogP contribution in [0.15, 0.2) is 47.7 Å². The van der Waals surface area contributed by atoms with Gasteiger partial charge in [0.25, 0.3) is 0 Å². The predicted octanol–water partition coefficient (Wildman–Crippen LogP) is 3.67. The molecule has 2 aromatic rings. The molecule has 3 heteroatoms. The first-order chi connectivity index (χ1) is 8.15. The van der Waals surface area contributed by atoms with Gasteiger partial charge in [0.15, 0.2) is 0 Å². The van der Waals surface area contributed by atoms with Crippen LogP contribution in [0, 0.1) is 12.7 Å². The van der Waals surface area contributed by atoms with Gasteiger partial charge in [0.05, 0.1) is 11.9 Å². The van der Waals surface area contributed by atoms with Gasteiger partial charge in [0.2, 0.25) is 0 Å². The van der Waals surface area contributed by atoms with Crippen molar-refractivity contribution in [2.24, 2.45) is 4.99 Å². The number of hydrogen-bond donors (Lipinski definition) is 0. The first-order valence-corrected chi connectivity index (χ1v) is 5.38. The van der Waals surface area contributed by atoms with Crippen LogP contribution in [0.4, 0.5) is 10.1 Å². The van der Waals surface area contributed by atoms with Gasteiger partial charge in [0.1, 0.15) is 5.82 Å². The minimum absolute atomic E-state index is 0.346. The van der Waals surface area contributed by atoms with Crippen LogP contribution in [0.5, 0.6) is 0 Å². The predicted molar refractivity (Wildman–Crippen MR) is 67.2 cm³/mol. The molecule has 2 nitrogen and oxygen atoms in total. The van der Waals surface area contributed by atoms with E-state index in [1.807, 2.05) is 38.1 Å². The molecule has 1 aromatic heterocycles. The fraction of sp³-hybridized carbons (Fsp3) is 0.143. The maximum atomic E-state index is 13.0. The van der Waals surface area contributed by atoms with Crippen molar-refractivity contribution in [3.8, 4) is 0 Å². The number of pyridine rings is 1. The normalized spacial score (nSPS) is 11.6. The summed E-state index contributed by atoms with van der Waals surface area (Å²) in [4.78, 5) is 8.23. The summed E-state index contributed by atoms with van der Waals surface area (Å²) in [6.07, 6.45) is 2.79. The zero-order valence-electron chi connectivity index (χ0n) is 9.81. The lowest BCUT2D eigenvalue weighted by molar-refractivity contribution is 0.621. The molecule has 1 aromatic carbocycles. The molecule has 0 spiro atoms. The van der Waals surface area contributed by atoms with Crippen molar-refractivity contribution >= 4 is 11.4 Å². The van der Waals surface area contributed by atoms with Crippen molar-refractivity contribution in [3.05, 3.63) is 59.7 Å². The van der Waals surface area contributed by atoms with Gasteiger partial charge >= 0.3 is 0 Å². The maximum Gasteiger partial charge on any atom is 0.142 e. The molecular formula is C14H13FN2. The number of hydrogen-bond acceptors (Lipinski definition) is 2. The standard InChI is InChI=1S/C14H13FN2/c1-10-3-5-14(6-4-10)17-11(2)12-7-13(15)9-16-8-12/h3-9H,1-2H3. The van der Waals surface area contributed by atoms with Crippen LogP contribution in [0.2, 0.25) is 0 Å². The van der Waals surface area contributed by atoms with E-state index in [9.17, 15) is 4.39 Å². The number of nitrogens with zero attached hydrogens (tertiary/aromatic N) is 2. The van der Waals surface area contributed by atoms with E-state index in [0.29, 0.717) is 5.56 Å². The van der Waals surface area contributed by atoms with Crippen LogP contribution < -0.4 is 0 Å². The summed E-state index contributed by atoms with van der Waals surface area (Å²) >= 11 is 0. The fourth-order valence-electron chi connectivity index (χ4n) is 1.49. The van der Waals surface area contributed by atoms with E-state index >= 15 is 0 Å². The first kappa shape index (κ1) is 11.5. The summed E-state index contributed by atoms with van der Waals surface area (Å²) in [7, 11) is 0. The fourth-order valence-corrected chi connectivity index (χ4v) is 1.49. The Morgan fingerprint density at radius 3 is 2.53 bits per heavy atom. The summed E-state index contributed by atoms with van der Waals surface area (Å²) in [6, 6.07) is 9.29. The molecule has 0 radical (unpaired) electrons. The van der Waals surface area contributed by atoms with Gasteiger partial charge in [0, 0.05) is 17.5 Å². The molecule has 0 saturated carbocycles. The minimum Gasteiger partial charge on any atom is -0.261 e. The van der Waals surface area contributed by atoms with Gasteiger partial charge < -0.3 is 0 Å². The van der Waals surface area contributed by atoms with E-state index < -0.39 is 0 Å². The van der Waals surface area contributed by atoms with E-state index in [2.05, 4.69) is 9.98 Å². The van der Waals surface area contributed by atoms with Crippen molar-refractivity contribution < 1.29 is 4.39 Å². The first-order valence-electron chi connectivity index (χ1n) is 5.38. The van der Waals surface area contributed by atoms with Gasteiger partial charge in [-0.15, -0.1) is 0 Å². The van der Waals surface area contributed by atoms with Crippen molar-refractivity contribution in [1.82, 2.24) is 4.98 Å². The number of rotatable bonds is 2. The average Bonchev–Trinajstić information content (AvgIpc) is 2.32. The molecule has 0 unspecified atom stereocenters. The number of aliphatic imine (C=N–C) groups is 1. The summed E-state index contributed by atoms with van der Waals surface area (Å²) in [5, 5.41) is 0. The quantitative estimate of drug-likeness (QED) is 0.720. The highest BCUT2D eigenvalue weighted by Crippen LogP contribution is 2.14. The topological polar surface area (TPSA) is 25.2 Å². The largest absolute Gasteiger partial charge is 0.261 e. The Labute approximate surface area is 99.9 Å². The van der Waals surface area contributed by atoms with Gasteiger partial charge in [-0.3, -0.25) is 9.98 Å². The summed E-state index contributed by atoms with van der Waals surface area (Å²) in [5.74, 6) is -0.346. The second-order valence-corrected chi connectivity index (χ2v) is 3.92. The third-order valence-corrected chi connectivity index (χ3v) is 2.45. The smallest absolute Gasteiger partial charge is 0.142 e. The van der Waals surface area contributed by atoms with Crippen LogP contribution in [-0.4, -0.2) is 10.7 Å². The number of aromatic nitrogens is 1. The van der Waals surface area contributed by atoms with E-state index in [0.717, 1.165) is 11.4 Å². The third kappa shape index (κ3) is 2.97. The molecule has 0 saturated heterocycles. The van der Waals surface area contributed by atoms with Crippen molar-refractivity contribution in [2.75, 3.05) is 0 Å². The minimum atomic E-state index is -0.346. The number of halogens is 1. The molecule has 0 amide bonds. The molecule has 0 aliphatic heterocycles. The summed E-state index contributed by atoms with van der Waals surface area (Å²) < 4.78 is 13.0. The van der Waals surface area contributed by atoms with Crippen LogP contribution in [0.25, 0.3) is 0 Å². The van der Waals surface area contributed by atoms with E-state index in [1.54, 1.807) is 6.20 Å². The second-order valence-electron chi connectivity index (χ2n) is 3.92. The highest BCUT2D eigenvalue weighted by Gasteiger charge is 2.00. The number of benzene rings is 1. The van der Waals surface area contributed by atoms with Gasteiger partial charge in [-0.2, -0.15) is 0 Å². The zero-order valence-corrected chi connectivity index (χ0v) is 9.81. The molecule has 0 bridgehead atoms. The third-order valence-electron chi connectivity index (χ3n) is 2.45. The van der Waals surface area contributed by atoms with E-state index in [1.165, 1.54) is 17.8 Å². The highest BCUT2D eigenvalue weighted by atomic mass is 19.1. The molecule has 0 atom stereocenters. The van der Waals surface area contributed by atoms with E-state index in [-0.39, 0.29) is 5.82 Å². The molecule has 0 N–H and O–H groups in total. The SMILES string of the molecule is CC(=Nc1ccc(C)cc1)c1cncc(F)c1. The lowest BCUT2D eigenvalue weighted by Gasteiger charge is -2.01. The Bertz CT molecular complexity index is 544. The van der Waals surface area contributed by atoms with Gasteiger partial charge in [-0.1, -0.05) is 17.7 Å². The highest BCUT2D eigenvalue weighted by molar-refractivity contribution is 5.99. The van der Waals surface area contributed by atoms with Crippen molar-refractivity contribution in [3.63, 3.8) is 0 Å². The molecular weight excluding hydrogens is 215 g/mol. The Balaban J connectivity index is 2.30. The average molecular weight is 228 g/mol. The van der Waals surface area contributed by atoms with Crippen molar-refractivity contribution in [1.29, 1.82) is 0 Å². The van der Waals surface area contributed by atoms with Gasteiger partial charge in [-0.05, 0) is 32.0 Å². The van der Waals surface area contributed by atoms with Crippen molar-refractivity contribution in [2.45, 2.75) is 13.8 Å². The number of aryl methyl sites for hydroxylation is 1. The Morgan fingerprint density at radius 2 is 1.88 bits per heavy atom. The molecule has 1 heterocycles. The van der Waals surface area contributed by atoms with Crippen LogP contribution in [0.3, 0.4) is 0 Å². The van der Waals surface area contributed by atoms with E-state index in [4.69, 9.17) is 0 Å². The lowest BCUT2D eigenvalue weighted by atomic mass is 10.2. The Morgan fingerprint density at radius 1 is 1.18 bits per heavy atom. The monoisotopic (exact) mass is 228 g/mol. The van der Waals surface area contributed by atoms with Crippen LogP contribution >= 0.6 is 0 Å². The maximum absolute atomic E-state index is 13.0. The summed E-state index contributed by atoms with van der Waals surface area (Å²) in [6.45, 7) is 3.87. The van der Waals surface area contributed by atoms with Crippen LogP contribution in [-0.2, 0) is 0 Å². The molecule has 17 heavy (non-hydrogen) atoms. The molecule has 0 fully saturated rings. The molecule has 0 aliphatic rings. The molecule has 2 rings (SSSR count). The Hall–Kier alpha value is -2.03. The molecule has 0 aliphatic carbocycles. The van der Waals surface area contributed by atoms with Crippen LogP contribution in [0.1, 0.15) is 18.1 Å².